The second kappa shape index (κ2) is 6.39. The monoisotopic (exact) mass is 271 g/mol. The number of hydrogen-bond donors (Lipinski definition) is 1. The Kier molecular flexibility index (Phi) is 4.58. The second-order valence-corrected chi connectivity index (χ2v) is 4.69. The Bertz CT molecular complexity index is 554. The van der Waals surface area contributed by atoms with Gasteiger partial charge in [-0.1, -0.05) is 18.2 Å². The van der Waals surface area contributed by atoms with E-state index in [4.69, 9.17) is 4.74 Å². The summed E-state index contributed by atoms with van der Waals surface area (Å²) in [7, 11) is 5.61. The number of benzene rings is 1. The van der Waals surface area contributed by atoms with E-state index in [-0.39, 0.29) is 0 Å². The van der Waals surface area contributed by atoms with Crippen molar-refractivity contribution in [3.8, 4) is 5.75 Å². The van der Waals surface area contributed by atoms with Crippen molar-refractivity contribution in [2.45, 2.75) is 13.0 Å². The first kappa shape index (κ1) is 14.3. The first-order chi connectivity index (χ1) is 9.67. The summed E-state index contributed by atoms with van der Waals surface area (Å²) >= 11 is 0. The summed E-state index contributed by atoms with van der Waals surface area (Å²) in [5.41, 5.74) is 2.17. The molecule has 4 nitrogen and oxygen atoms in total. The fraction of sp³-hybridized carbons (Fsp3) is 0.312. The normalized spacial score (nSPS) is 12.0. The van der Waals surface area contributed by atoms with E-state index in [0.29, 0.717) is 6.04 Å². The van der Waals surface area contributed by atoms with Gasteiger partial charge in [-0.3, -0.25) is 0 Å². The lowest BCUT2D eigenvalue weighted by Crippen LogP contribution is -2.15. The minimum Gasteiger partial charge on any atom is -0.495 e. The Morgan fingerprint density at radius 2 is 1.95 bits per heavy atom. The zero-order valence-electron chi connectivity index (χ0n) is 12.4. The molecule has 0 aliphatic carbocycles. The van der Waals surface area contributed by atoms with Crippen LogP contribution in [0.3, 0.4) is 0 Å². The SMILES string of the molecule is CNC(C)c1ccc(N(C)c2ccccc2OC)nc1. The molecule has 1 aromatic carbocycles. The van der Waals surface area contributed by atoms with Gasteiger partial charge in [0.1, 0.15) is 11.6 Å². The molecule has 0 fully saturated rings. The number of nitrogens with one attached hydrogen (secondary N) is 1. The average Bonchev–Trinajstić information content (AvgIpc) is 2.53. The van der Waals surface area contributed by atoms with Gasteiger partial charge in [-0.25, -0.2) is 4.98 Å². The third-order valence-corrected chi connectivity index (χ3v) is 3.49. The molecule has 0 aliphatic heterocycles. The molecular formula is C16H21N3O. The predicted molar refractivity (Wildman–Crippen MR) is 82.8 cm³/mol. The number of anilines is 2. The van der Waals surface area contributed by atoms with E-state index in [2.05, 4.69) is 23.3 Å². The topological polar surface area (TPSA) is 37.4 Å². The maximum absolute atomic E-state index is 5.39. The largest absolute Gasteiger partial charge is 0.495 e. The van der Waals surface area contributed by atoms with Gasteiger partial charge in [-0.2, -0.15) is 0 Å². The van der Waals surface area contributed by atoms with Crippen LogP contribution < -0.4 is 15.0 Å². The summed E-state index contributed by atoms with van der Waals surface area (Å²) in [5.74, 6) is 1.73. The molecule has 4 heteroatoms. The van der Waals surface area contributed by atoms with Crippen LogP contribution in [0.5, 0.6) is 5.75 Å². The molecule has 2 aromatic rings. The van der Waals surface area contributed by atoms with Crippen LogP contribution in [-0.4, -0.2) is 26.2 Å². The fourth-order valence-corrected chi connectivity index (χ4v) is 2.05. The van der Waals surface area contributed by atoms with Gasteiger partial charge in [0.25, 0.3) is 0 Å². The molecule has 0 aliphatic rings. The minimum absolute atomic E-state index is 0.299. The van der Waals surface area contributed by atoms with Gasteiger partial charge in [0.2, 0.25) is 0 Å². The number of nitrogens with zero attached hydrogens (tertiary/aromatic N) is 2. The van der Waals surface area contributed by atoms with E-state index >= 15 is 0 Å². The van der Waals surface area contributed by atoms with E-state index in [1.165, 1.54) is 5.56 Å². The fourth-order valence-electron chi connectivity index (χ4n) is 2.05. The summed E-state index contributed by atoms with van der Waals surface area (Å²) in [6.45, 7) is 2.11. The summed E-state index contributed by atoms with van der Waals surface area (Å²) in [5, 5.41) is 3.21. The first-order valence-corrected chi connectivity index (χ1v) is 6.67. The molecule has 1 heterocycles. The van der Waals surface area contributed by atoms with E-state index in [1.807, 2.05) is 55.5 Å². The van der Waals surface area contributed by atoms with Crippen LogP contribution in [-0.2, 0) is 0 Å². The molecule has 0 saturated carbocycles. The highest BCUT2D eigenvalue weighted by Gasteiger charge is 2.11. The first-order valence-electron chi connectivity index (χ1n) is 6.67. The van der Waals surface area contributed by atoms with Crippen LogP contribution in [0.25, 0.3) is 0 Å². The number of pyridine rings is 1. The van der Waals surface area contributed by atoms with Crippen LogP contribution in [0.1, 0.15) is 18.5 Å². The molecule has 2 rings (SSSR count). The Morgan fingerprint density at radius 3 is 2.55 bits per heavy atom. The number of aromatic nitrogens is 1. The molecule has 0 bridgehead atoms. The van der Waals surface area contributed by atoms with E-state index in [1.54, 1.807) is 7.11 Å². The quantitative estimate of drug-likeness (QED) is 0.906. The van der Waals surface area contributed by atoms with Gasteiger partial charge in [0.05, 0.1) is 12.8 Å². The van der Waals surface area contributed by atoms with E-state index < -0.39 is 0 Å². The Morgan fingerprint density at radius 1 is 1.20 bits per heavy atom. The van der Waals surface area contributed by atoms with Gasteiger partial charge < -0.3 is 15.0 Å². The third kappa shape index (κ3) is 2.91. The van der Waals surface area contributed by atoms with Crippen molar-refractivity contribution < 1.29 is 4.74 Å². The van der Waals surface area contributed by atoms with Crippen molar-refractivity contribution >= 4 is 11.5 Å². The molecule has 0 saturated heterocycles. The summed E-state index contributed by atoms with van der Waals surface area (Å²) in [4.78, 5) is 6.55. The predicted octanol–water partition coefficient (Wildman–Crippen LogP) is 3.14. The van der Waals surface area contributed by atoms with Crippen LogP contribution >= 0.6 is 0 Å². The van der Waals surface area contributed by atoms with Crippen molar-refractivity contribution in [2.24, 2.45) is 0 Å². The minimum atomic E-state index is 0.299. The van der Waals surface area contributed by atoms with Crippen molar-refractivity contribution in [3.05, 3.63) is 48.2 Å². The zero-order valence-corrected chi connectivity index (χ0v) is 12.4. The molecular weight excluding hydrogens is 250 g/mol. The number of rotatable bonds is 5. The van der Waals surface area contributed by atoms with E-state index in [9.17, 15) is 0 Å². The van der Waals surface area contributed by atoms with Crippen LogP contribution in [0.15, 0.2) is 42.6 Å². The van der Waals surface area contributed by atoms with Gasteiger partial charge in [0, 0.05) is 19.3 Å². The number of para-hydroxylation sites is 2. The second-order valence-electron chi connectivity index (χ2n) is 4.69. The van der Waals surface area contributed by atoms with Crippen molar-refractivity contribution in [1.82, 2.24) is 10.3 Å². The third-order valence-electron chi connectivity index (χ3n) is 3.49. The zero-order chi connectivity index (χ0) is 14.5. The average molecular weight is 271 g/mol. The number of methoxy groups -OCH3 is 1. The highest BCUT2D eigenvalue weighted by atomic mass is 16.5. The number of hydrogen-bond acceptors (Lipinski definition) is 4. The molecule has 0 spiro atoms. The molecule has 0 radical (unpaired) electrons. The highest BCUT2D eigenvalue weighted by Crippen LogP contribution is 2.31. The molecule has 106 valence electrons. The Labute approximate surface area is 120 Å². The van der Waals surface area contributed by atoms with Gasteiger partial charge in [0.15, 0.2) is 0 Å². The summed E-state index contributed by atoms with van der Waals surface area (Å²) in [6, 6.07) is 12.3. The lowest BCUT2D eigenvalue weighted by Gasteiger charge is -2.21. The molecule has 1 atom stereocenters. The van der Waals surface area contributed by atoms with Gasteiger partial charge in [-0.05, 0) is 37.7 Å². The van der Waals surface area contributed by atoms with Crippen molar-refractivity contribution in [3.63, 3.8) is 0 Å². The maximum Gasteiger partial charge on any atom is 0.142 e. The lowest BCUT2D eigenvalue weighted by molar-refractivity contribution is 0.415. The number of ether oxygens (including phenoxy) is 1. The standard InChI is InChI=1S/C16H21N3O/c1-12(17-2)13-9-10-16(18-11-13)19(3)14-7-5-6-8-15(14)20-4/h5-12,17H,1-4H3. The molecule has 1 aromatic heterocycles. The molecule has 0 amide bonds. The van der Waals surface area contributed by atoms with Gasteiger partial charge >= 0.3 is 0 Å². The molecule has 1 N–H and O–H groups in total. The van der Waals surface area contributed by atoms with E-state index in [0.717, 1.165) is 17.3 Å². The van der Waals surface area contributed by atoms with Crippen LogP contribution in [0, 0.1) is 0 Å². The molecule has 1 unspecified atom stereocenters. The Balaban J connectivity index is 2.27. The summed E-state index contributed by atoms with van der Waals surface area (Å²) < 4.78 is 5.39. The Hall–Kier alpha value is -2.07. The smallest absolute Gasteiger partial charge is 0.142 e. The molecule has 20 heavy (non-hydrogen) atoms. The highest BCUT2D eigenvalue weighted by molar-refractivity contribution is 5.66. The van der Waals surface area contributed by atoms with Crippen LogP contribution in [0.2, 0.25) is 0 Å². The van der Waals surface area contributed by atoms with Crippen LogP contribution in [0.4, 0.5) is 11.5 Å². The van der Waals surface area contributed by atoms with Crippen molar-refractivity contribution in [1.29, 1.82) is 0 Å². The maximum atomic E-state index is 5.39. The van der Waals surface area contributed by atoms with Gasteiger partial charge in [-0.15, -0.1) is 0 Å². The lowest BCUT2D eigenvalue weighted by atomic mass is 10.1. The summed E-state index contributed by atoms with van der Waals surface area (Å²) in [6.07, 6.45) is 1.91. The van der Waals surface area contributed by atoms with Crippen molar-refractivity contribution in [2.75, 3.05) is 26.1 Å².